The number of carbonyl (C=O) groups excluding carboxylic acids is 2. The maximum absolute atomic E-state index is 12.2. The Balaban J connectivity index is 1.81. The summed E-state index contributed by atoms with van der Waals surface area (Å²) in [6.07, 6.45) is 0. The van der Waals surface area contributed by atoms with Gasteiger partial charge in [0.15, 0.2) is 0 Å². The first-order chi connectivity index (χ1) is 13.3. The molecule has 3 N–H and O–H groups in total. The quantitative estimate of drug-likeness (QED) is 0.645. The molecule has 0 aliphatic carbocycles. The molecule has 0 unspecified atom stereocenters. The van der Waals surface area contributed by atoms with Gasteiger partial charge in [-0.1, -0.05) is 24.3 Å². The lowest BCUT2D eigenvalue weighted by atomic mass is 10.1. The number of nitrogens with one attached hydrogen (secondary N) is 3. The third-order valence-electron chi connectivity index (χ3n) is 3.69. The van der Waals surface area contributed by atoms with Crippen LogP contribution in [-0.2, 0) is 13.1 Å². The third kappa shape index (κ3) is 7.22. The lowest BCUT2D eigenvalue weighted by molar-refractivity contribution is -0.0498. The molecule has 2 aromatic rings. The molecule has 0 fully saturated rings. The van der Waals surface area contributed by atoms with Crippen LogP contribution in [0.2, 0.25) is 0 Å². The summed E-state index contributed by atoms with van der Waals surface area (Å²) in [6, 6.07) is 12.7. The average molecular weight is 391 g/mol. The molecule has 150 valence electrons. The van der Waals surface area contributed by atoms with Gasteiger partial charge in [-0.3, -0.25) is 4.79 Å². The first kappa shape index (κ1) is 21.1. The summed E-state index contributed by atoms with van der Waals surface area (Å²) in [5, 5.41) is 8.22. The summed E-state index contributed by atoms with van der Waals surface area (Å²) in [4.78, 5) is 23.8. The van der Waals surface area contributed by atoms with Gasteiger partial charge in [-0.2, -0.15) is 8.78 Å². The number of amides is 3. The van der Waals surface area contributed by atoms with E-state index < -0.39 is 6.61 Å². The molecule has 0 aromatic heterocycles. The van der Waals surface area contributed by atoms with Crippen LogP contribution in [0.1, 0.15) is 35.3 Å². The molecule has 0 radical (unpaired) electrons. The standard InChI is InChI=1S/C20H23F2N3O3/c1-13(2)25-20(27)24-12-14-3-7-16(8-4-14)18(26)23-11-15-5-9-17(10-6-15)28-19(21)22/h3-10,13,19H,11-12H2,1-2H3,(H,23,26)(H2,24,25,27). The van der Waals surface area contributed by atoms with Gasteiger partial charge in [-0.05, 0) is 49.2 Å². The fourth-order valence-electron chi connectivity index (χ4n) is 2.34. The minimum absolute atomic E-state index is 0.0547. The van der Waals surface area contributed by atoms with E-state index in [1.165, 1.54) is 12.1 Å². The van der Waals surface area contributed by atoms with Gasteiger partial charge in [0.25, 0.3) is 5.91 Å². The van der Waals surface area contributed by atoms with Crippen LogP contribution < -0.4 is 20.7 Å². The molecule has 0 heterocycles. The summed E-state index contributed by atoms with van der Waals surface area (Å²) >= 11 is 0. The Morgan fingerprint density at radius 2 is 1.43 bits per heavy atom. The molecule has 6 nitrogen and oxygen atoms in total. The minimum Gasteiger partial charge on any atom is -0.435 e. The van der Waals surface area contributed by atoms with E-state index in [1.807, 2.05) is 13.8 Å². The molecule has 2 aromatic carbocycles. The van der Waals surface area contributed by atoms with Crippen LogP contribution in [0.25, 0.3) is 0 Å². The van der Waals surface area contributed by atoms with E-state index in [0.29, 0.717) is 12.1 Å². The van der Waals surface area contributed by atoms with Crippen LogP contribution in [0.5, 0.6) is 5.75 Å². The van der Waals surface area contributed by atoms with Crippen LogP contribution in [0.15, 0.2) is 48.5 Å². The maximum atomic E-state index is 12.2. The summed E-state index contributed by atoms with van der Waals surface area (Å²) in [5.74, 6) is -0.193. The number of ether oxygens (including phenoxy) is 1. The summed E-state index contributed by atoms with van der Waals surface area (Å²) < 4.78 is 28.5. The van der Waals surface area contributed by atoms with Crippen molar-refractivity contribution in [1.82, 2.24) is 16.0 Å². The number of rotatable bonds is 8. The number of alkyl halides is 2. The molecule has 0 aliphatic rings. The molecular weight excluding hydrogens is 368 g/mol. The van der Waals surface area contributed by atoms with Crippen LogP contribution in [-0.4, -0.2) is 24.6 Å². The molecule has 3 amide bonds. The molecule has 2 rings (SSSR count). The Morgan fingerprint density at radius 1 is 0.893 bits per heavy atom. The number of urea groups is 1. The maximum Gasteiger partial charge on any atom is 0.387 e. The van der Waals surface area contributed by atoms with E-state index in [0.717, 1.165) is 11.1 Å². The predicted molar refractivity (Wildman–Crippen MR) is 101 cm³/mol. The first-order valence-corrected chi connectivity index (χ1v) is 8.78. The van der Waals surface area contributed by atoms with Crippen molar-refractivity contribution in [2.24, 2.45) is 0 Å². The number of hydrogen-bond donors (Lipinski definition) is 3. The normalized spacial score (nSPS) is 10.6. The van der Waals surface area contributed by atoms with Gasteiger partial charge in [0.2, 0.25) is 0 Å². The molecular formula is C20H23F2N3O3. The summed E-state index contributed by atoms with van der Waals surface area (Å²) in [5.41, 5.74) is 2.10. The van der Waals surface area contributed by atoms with Gasteiger partial charge in [0.1, 0.15) is 5.75 Å². The van der Waals surface area contributed by atoms with Crippen molar-refractivity contribution >= 4 is 11.9 Å². The second-order valence-corrected chi connectivity index (χ2v) is 6.38. The molecule has 0 saturated heterocycles. The van der Waals surface area contributed by atoms with E-state index in [1.54, 1.807) is 36.4 Å². The zero-order valence-corrected chi connectivity index (χ0v) is 15.7. The highest BCUT2D eigenvalue weighted by molar-refractivity contribution is 5.94. The molecule has 8 heteroatoms. The molecule has 0 spiro atoms. The second-order valence-electron chi connectivity index (χ2n) is 6.38. The highest BCUT2D eigenvalue weighted by Crippen LogP contribution is 2.15. The van der Waals surface area contributed by atoms with E-state index in [-0.39, 0.29) is 30.3 Å². The van der Waals surface area contributed by atoms with E-state index in [9.17, 15) is 18.4 Å². The first-order valence-electron chi connectivity index (χ1n) is 8.78. The fourth-order valence-corrected chi connectivity index (χ4v) is 2.34. The lowest BCUT2D eigenvalue weighted by Crippen LogP contribution is -2.39. The third-order valence-corrected chi connectivity index (χ3v) is 3.69. The zero-order chi connectivity index (χ0) is 20.5. The molecule has 0 bridgehead atoms. The second kappa shape index (κ2) is 10.2. The number of hydrogen-bond acceptors (Lipinski definition) is 3. The lowest BCUT2D eigenvalue weighted by Gasteiger charge is -2.10. The SMILES string of the molecule is CC(C)NC(=O)NCc1ccc(C(=O)NCc2ccc(OC(F)F)cc2)cc1. The zero-order valence-electron chi connectivity index (χ0n) is 15.7. The number of carbonyl (C=O) groups is 2. The predicted octanol–water partition coefficient (Wildman–Crippen LogP) is 3.43. The topological polar surface area (TPSA) is 79.5 Å². The van der Waals surface area contributed by atoms with Gasteiger partial charge in [0.05, 0.1) is 0 Å². The number of halogens is 2. The van der Waals surface area contributed by atoms with Gasteiger partial charge < -0.3 is 20.7 Å². The summed E-state index contributed by atoms with van der Waals surface area (Å²) in [6.45, 7) is 1.49. The van der Waals surface area contributed by atoms with E-state index >= 15 is 0 Å². The van der Waals surface area contributed by atoms with Gasteiger partial charge >= 0.3 is 12.6 Å². The van der Waals surface area contributed by atoms with Crippen molar-refractivity contribution in [3.63, 3.8) is 0 Å². The van der Waals surface area contributed by atoms with Gasteiger partial charge in [-0.25, -0.2) is 4.79 Å². The van der Waals surface area contributed by atoms with Crippen molar-refractivity contribution in [2.75, 3.05) is 0 Å². The molecule has 0 aliphatic heterocycles. The molecule has 0 saturated carbocycles. The van der Waals surface area contributed by atoms with Crippen LogP contribution >= 0.6 is 0 Å². The summed E-state index contributed by atoms with van der Waals surface area (Å²) in [7, 11) is 0. The Bertz CT molecular complexity index is 778. The Kier molecular flexibility index (Phi) is 7.74. The van der Waals surface area contributed by atoms with Crippen LogP contribution in [0.4, 0.5) is 13.6 Å². The van der Waals surface area contributed by atoms with E-state index in [2.05, 4.69) is 20.7 Å². The molecule has 28 heavy (non-hydrogen) atoms. The highest BCUT2D eigenvalue weighted by atomic mass is 19.3. The Morgan fingerprint density at radius 3 is 1.96 bits per heavy atom. The van der Waals surface area contributed by atoms with Crippen molar-refractivity contribution < 1.29 is 23.1 Å². The smallest absolute Gasteiger partial charge is 0.387 e. The largest absolute Gasteiger partial charge is 0.435 e. The Labute approximate surface area is 162 Å². The van der Waals surface area contributed by atoms with Crippen molar-refractivity contribution in [3.8, 4) is 5.75 Å². The van der Waals surface area contributed by atoms with Crippen molar-refractivity contribution in [3.05, 3.63) is 65.2 Å². The average Bonchev–Trinajstić information content (AvgIpc) is 2.65. The monoisotopic (exact) mass is 391 g/mol. The van der Waals surface area contributed by atoms with E-state index in [4.69, 9.17) is 0 Å². The fraction of sp³-hybridized carbons (Fsp3) is 0.300. The van der Waals surface area contributed by atoms with Crippen molar-refractivity contribution in [2.45, 2.75) is 39.6 Å². The minimum atomic E-state index is -2.87. The highest BCUT2D eigenvalue weighted by Gasteiger charge is 2.07. The van der Waals surface area contributed by atoms with Gasteiger partial charge in [-0.15, -0.1) is 0 Å². The van der Waals surface area contributed by atoms with Crippen LogP contribution in [0.3, 0.4) is 0 Å². The van der Waals surface area contributed by atoms with Gasteiger partial charge in [0, 0.05) is 24.7 Å². The van der Waals surface area contributed by atoms with Crippen molar-refractivity contribution in [1.29, 1.82) is 0 Å². The number of benzene rings is 2. The van der Waals surface area contributed by atoms with Crippen LogP contribution in [0, 0.1) is 0 Å². The molecule has 0 atom stereocenters. The Hall–Kier alpha value is -3.16.